The standard InChI is InChI=1S/C17H22F2N2OS/c1-9-7-23-14(21-9)12-11(15(12,2)3)13(22)20-8-16-6-4-5-10(16)17(16,18)19/h7,10-12H,4-6,8H2,1-3H3,(H,20,22)/t10?,11-,12-,16?/m0/s1. The first-order chi connectivity index (χ1) is 10.7. The van der Waals surface area contributed by atoms with Crippen LogP contribution in [-0.4, -0.2) is 23.4 Å². The van der Waals surface area contributed by atoms with E-state index in [4.69, 9.17) is 0 Å². The summed E-state index contributed by atoms with van der Waals surface area (Å²) in [5.41, 5.74) is -0.125. The summed E-state index contributed by atoms with van der Waals surface area (Å²) in [6.45, 7) is 6.18. The molecule has 0 aromatic carbocycles. The lowest BCUT2D eigenvalue weighted by molar-refractivity contribution is -0.123. The van der Waals surface area contributed by atoms with E-state index in [1.54, 1.807) is 11.3 Å². The molecule has 126 valence electrons. The molecule has 6 heteroatoms. The number of thiazole rings is 1. The average molecular weight is 340 g/mol. The molecular formula is C17H22F2N2OS. The molecule has 1 aromatic heterocycles. The molecule has 23 heavy (non-hydrogen) atoms. The molecule has 3 fully saturated rings. The van der Waals surface area contributed by atoms with Crippen LogP contribution in [0.25, 0.3) is 0 Å². The molecule has 4 atom stereocenters. The normalized spacial score (nSPS) is 38.9. The van der Waals surface area contributed by atoms with Crippen molar-refractivity contribution in [1.29, 1.82) is 0 Å². The Kier molecular flexibility index (Phi) is 3.05. The minimum atomic E-state index is -2.58. The summed E-state index contributed by atoms with van der Waals surface area (Å²) in [4.78, 5) is 17.1. The molecule has 3 nitrogen and oxygen atoms in total. The maximum atomic E-state index is 13.9. The molecule has 4 rings (SSSR count). The lowest BCUT2D eigenvalue weighted by Crippen LogP contribution is -2.34. The number of aromatic nitrogens is 1. The van der Waals surface area contributed by atoms with Crippen molar-refractivity contribution in [3.05, 3.63) is 16.1 Å². The largest absolute Gasteiger partial charge is 0.355 e. The number of halogens is 2. The third-order valence-electron chi connectivity index (χ3n) is 6.39. The van der Waals surface area contributed by atoms with E-state index >= 15 is 0 Å². The molecule has 3 saturated carbocycles. The number of rotatable bonds is 4. The van der Waals surface area contributed by atoms with E-state index < -0.39 is 17.3 Å². The van der Waals surface area contributed by atoms with Gasteiger partial charge in [0.2, 0.25) is 5.91 Å². The Morgan fingerprint density at radius 1 is 1.48 bits per heavy atom. The van der Waals surface area contributed by atoms with Crippen LogP contribution in [0.1, 0.15) is 49.7 Å². The second-order valence-electron chi connectivity index (χ2n) is 8.05. The quantitative estimate of drug-likeness (QED) is 0.907. The van der Waals surface area contributed by atoms with Gasteiger partial charge in [-0.3, -0.25) is 4.79 Å². The summed E-state index contributed by atoms with van der Waals surface area (Å²) in [5.74, 6) is -3.23. The fraction of sp³-hybridized carbons (Fsp3) is 0.765. The number of nitrogens with zero attached hydrogens (tertiary/aromatic N) is 1. The lowest BCUT2D eigenvalue weighted by Gasteiger charge is -2.15. The highest BCUT2D eigenvalue weighted by Crippen LogP contribution is 2.73. The van der Waals surface area contributed by atoms with E-state index in [0.717, 1.165) is 17.1 Å². The monoisotopic (exact) mass is 340 g/mol. The Bertz CT molecular complexity index is 671. The van der Waals surface area contributed by atoms with E-state index in [1.807, 2.05) is 12.3 Å². The Labute approximate surface area is 138 Å². The summed E-state index contributed by atoms with van der Waals surface area (Å²) in [7, 11) is 0. The highest BCUT2D eigenvalue weighted by Gasteiger charge is 2.81. The van der Waals surface area contributed by atoms with Crippen LogP contribution in [0.2, 0.25) is 0 Å². The average Bonchev–Trinajstić information content (AvgIpc) is 2.99. The molecular weight excluding hydrogens is 318 g/mol. The van der Waals surface area contributed by atoms with Crippen molar-refractivity contribution in [2.24, 2.45) is 22.7 Å². The summed E-state index contributed by atoms with van der Waals surface area (Å²) < 4.78 is 27.8. The van der Waals surface area contributed by atoms with E-state index in [1.165, 1.54) is 0 Å². The molecule has 1 heterocycles. The molecule has 1 N–H and O–H groups in total. The van der Waals surface area contributed by atoms with Gasteiger partial charge in [-0.1, -0.05) is 20.3 Å². The smallest absolute Gasteiger partial charge is 0.259 e. The van der Waals surface area contributed by atoms with Gasteiger partial charge < -0.3 is 5.32 Å². The Balaban J connectivity index is 1.42. The van der Waals surface area contributed by atoms with Gasteiger partial charge in [0.05, 0.1) is 16.3 Å². The number of aryl methyl sites for hydroxylation is 1. The van der Waals surface area contributed by atoms with E-state index in [0.29, 0.717) is 12.8 Å². The predicted molar refractivity (Wildman–Crippen MR) is 84.6 cm³/mol. The minimum absolute atomic E-state index is 0.0874. The first-order valence-electron chi connectivity index (χ1n) is 8.29. The van der Waals surface area contributed by atoms with Crippen LogP contribution in [0.15, 0.2) is 5.38 Å². The first kappa shape index (κ1) is 15.5. The topological polar surface area (TPSA) is 42.0 Å². The molecule has 1 amide bonds. The van der Waals surface area contributed by atoms with Crippen molar-refractivity contribution in [2.45, 2.75) is 51.9 Å². The second kappa shape index (κ2) is 4.52. The summed E-state index contributed by atoms with van der Waals surface area (Å²) in [6, 6.07) is 0. The number of carbonyl (C=O) groups excluding carboxylic acids is 1. The fourth-order valence-corrected chi connectivity index (χ4v) is 5.93. The molecule has 3 aliphatic carbocycles. The molecule has 0 saturated heterocycles. The van der Waals surface area contributed by atoms with Crippen LogP contribution in [0.5, 0.6) is 0 Å². The van der Waals surface area contributed by atoms with Crippen molar-refractivity contribution in [2.75, 3.05) is 6.54 Å². The first-order valence-corrected chi connectivity index (χ1v) is 9.17. The number of nitrogens with one attached hydrogen (secondary N) is 1. The van der Waals surface area contributed by atoms with Crippen LogP contribution in [-0.2, 0) is 4.79 Å². The zero-order valence-electron chi connectivity index (χ0n) is 13.7. The fourth-order valence-electron chi connectivity index (χ4n) is 4.80. The van der Waals surface area contributed by atoms with Gasteiger partial charge in [0, 0.05) is 29.5 Å². The number of hydrogen-bond donors (Lipinski definition) is 1. The van der Waals surface area contributed by atoms with E-state index in [2.05, 4.69) is 24.1 Å². The summed E-state index contributed by atoms with van der Waals surface area (Å²) in [5, 5.41) is 5.82. The number of fused-ring (bicyclic) bond motifs is 1. The minimum Gasteiger partial charge on any atom is -0.355 e. The lowest BCUT2D eigenvalue weighted by atomic mass is 10.0. The maximum Gasteiger partial charge on any atom is 0.259 e. The highest BCUT2D eigenvalue weighted by molar-refractivity contribution is 7.09. The van der Waals surface area contributed by atoms with Crippen LogP contribution in [0, 0.1) is 29.6 Å². The van der Waals surface area contributed by atoms with Gasteiger partial charge in [-0.05, 0) is 25.2 Å². The Morgan fingerprint density at radius 3 is 2.78 bits per heavy atom. The number of alkyl halides is 2. The molecule has 0 aliphatic heterocycles. The molecule has 0 bridgehead atoms. The molecule has 3 aliphatic rings. The van der Waals surface area contributed by atoms with Crippen LogP contribution in [0.3, 0.4) is 0 Å². The SMILES string of the molecule is Cc1csc([C@@H]2[C@@H](C(=O)NCC34CCCC3C4(F)F)C2(C)C)n1. The van der Waals surface area contributed by atoms with Gasteiger partial charge >= 0.3 is 0 Å². The number of amides is 1. The van der Waals surface area contributed by atoms with E-state index in [9.17, 15) is 13.6 Å². The van der Waals surface area contributed by atoms with Crippen molar-refractivity contribution < 1.29 is 13.6 Å². The zero-order chi connectivity index (χ0) is 16.6. The third kappa shape index (κ3) is 1.96. The molecule has 0 radical (unpaired) electrons. The predicted octanol–water partition coefficient (Wildman–Crippen LogP) is 3.74. The second-order valence-corrected chi connectivity index (χ2v) is 8.94. The Hall–Kier alpha value is -1.04. The van der Waals surface area contributed by atoms with Crippen LogP contribution >= 0.6 is 11.3 Å². The van der Waals surface area contributed by atoms with Gasteiger partial charge in [-0.2, -0.15) is 0 Å². The molecule has 0 spiro atoms. The highest BCUT2D eigenvalue weighted by atomic mass is 32.1. The van der Waals surface area contributed by atoms with Gasteiger partial charge in [0.1, 0.15) is 0 Å². The van der Waals surface area contributed by atoms with Crippen LogP contribution < -0.4 is 5.32 Å². The molecule has 2 unspecified atom stereocenters. The number of carbonyl (C=O) groups is 1. The van der Waals surface area contributed by atoms with E-state index in [-0.39, 0.29) is 29.7 Å². The van der Waals surface area contributed by atoms with Gasteiger partial charge in [0.15, 0.2) is 0 Å². The Morgan fingerprint density at radius 2 is 2.22 bits per heavy atom. The zero-order valence-corrected chi connectivity index (χ0v) is 14.5. The van der Waals surface area contributed by atoms with Gasteiger partial charge in [-0.25, -0.2) is 13.8 Å². The van der Waals surface area contributed by atoms with Gasteiger partial charge in [-0.15, -0.1) is 11.3 Å². The third-order valence-corrected chi connectivity index (χ3v) is 7.44. The van der Waals surface area contributed by atoms with Crippen molar-refractivity contribution >= 4 is 17.2 Å². The van der Waals surface area contributed by atoms with Crippen molar-refractivity contribution in [1.82, 2.24) is 10.3 Å². The number of hydrogen-bond acceptors (Lipinski definition) is 3. The van der Waals surface area contributed by atoms with Crippen molar-refractivity contribution in [3.63, 3.8) is 0 Å². The van der Waals surface area contributed by atoms with Gasteiger partial charge in [0.25, 0.3) is 5.92 Å². The van der Waals surface area contributed by atoms with Crippen molar-refractivity contribution in [3.8, 4) is 0 Å². The summed E-state index contributed by atoms with van der Waals surface area (Å²) >= 11 is 1.58. The van der Waals surface area contributed by atoms with Crippen LogP contribution in [0.4, 0.5) is 8.78 Å². The summed E-state index contributed by atoms with van der Waals surface area (Å²) in [6.07, 6.45) is 1.99. The molecule has 1 aromatic rings. The maximum absolute atomic E-state index is 13.9.